The van der Waals surface area contributed by atoms with E-state index in [0.29, 0.717) is 17.7 Å². The quantitative estimate of drug-likeness (QED) is 0.844. The molecule has 0 unspecified atom stereocenters. The van der Waals surface area contributed by atoms with Crippen molar-refractivity contribution in [1.82, 2.24) is 4.98 Å². The van der Waals surface area contributed by atoms with Crippen LogP contribution in [0.4, 0.5) is 14.5 Å². The van der Waals surface area contributed by atoms with Gasteiger partial charge in [0.2, 0.25) is 0 Å². The summed E-state index contributed by atoms with van der Waals surface area (Å²) in [5.74, 6) is -1.69. The molecule has 0 aliphatic carbocycles. The number of nitrogens with zero attached hydrogens (tertiary/aromatic N) is 1. The Morgan fingerprint density at radius 1 is 1.12 bits per heavy atom. The number of hydrogen-bond donors (Lipinski definition) is 1. The minimum Gasteiger partial charge on any atom is -0.398 e. The van der Waals surface area contributed by atoms with Crippen LogP contribution in [0.3, 0.4) is 0 Å². The van der Waals surface area contributed by atoms with Crippen molar-refractivity contribution in [2.75, 3.05) is 5.73 Å². The van der Waals surface area contributed by atoms with Crippen molar-refractivity contribution >= 4 is 5.69 Å². The van der Waals surface area contributed by atoms with Gasteiger partial charge in [-0.3, -0.25) is 4.98 Å². The molecule has 2 nitrogen and oxygen atoms in total. The summed E-state index contributed by atoms with van der Waals surface area (Å²) in [6, 6.07) is 5.49. The number of benzene rings is 1. The maximum Gasteiger partial charge on any atom is 0.159 e. The van der Waals surface area contributed by atoms with Gasteiger partial charge in [0, 0.05) is 24.5 Å². The van der Waals surface area contributed by atoms with Crippen molar-refractivity contribution in [3.8, 4) is 0 Å². The number of anilines is 1. The summed E-state index contributed by atoms with van der Waals surface area (Å²) in [6.45, 7) is 0. The van der Waals surface area contributed by atoms with Gasteiger partial charge in [-0.05, 0) is 29.3 Å². The summed E-state index contributed by atoms with van der Waals surface area (Å²) in [5.41, 5.74) is 7.79. The summed E-state index contributed by atoms with van der Waals surface area (Å²) in [4.78, 5) is 3.93. The zero-order chi connectivity index (χ0) is 11.5. The molecule has 16 heavy (non-hydrogen) atoms. The van der Waals surface area contributed by atoms with Gasteiger partial charge < -0.3 is 5.73 Å². The van der Waals surface area contributed by atoms with E-state index in [1.54, 1.807) is 18.5 Å². The average molecular weight is 220 g/mol. The van der Waals surface area contributed by atoms with Crippen LogP contribution in [-0.2, 0) is 6.42 Å². The highest BCUT2D eigenvalue weighted by molar-refractivity contribution is 5.46. The van der Waals surface area contributed by atoms with Gasteiger partial charge in [-0.15, -0.1) is 0 Å². The Morgan fingerprint density at radius 2 is 1.94 bits per heavy atom. The predicted molar refractivity (Wildman–Crippen MR) is 57.8 cm³/mol. The topological polar surface area (TPSA) is 38.9 Å². The minimum absolute atomic E-state index is 0.441. The molecule has 0 radical (unpaired) electrons. The molecule has 1 heterocycles. The monoisotopic (exact) mass is 220 g/mol. The van der Waals surface area contributed by atoms with Gasteiger partial charge in [-0.25, -0.2) is 8.78 Å². The molecule has 0 amide bonds. The van der Waals surface area contributed by atoms with Crippen LogP contribution in [-0.4, -0.2) is 4.98 Å². The highest BCUT2D eigenvalue weighted by atomic mass is 19.2. The van der Waals surface area contributed by atoms with Crippen LogP contribution in [0.2, 0.25) is 0 Å². The van der Waals surface area contributed by atoms with Crippen LogP contribution < -0.4 is 5.73 Å². The van der Waals surface area contributed by atoms with Crippen LogP contribution in [0.1, 0.15) is 11.1 Å². The number of hydrogen-bond acceptors (Lipinski definition) is 2. The lowest BCUT2D eigenvalue weighted by molar-refractivity contribution is 0.507. The molecule has 2 aromatic rings. The number of rotatable bonds is 2. The third-order valence-electron chi connectivity index (χ3n) is 2.32. The third kappa shape index (κ3) is 2.16. The molecule has 1 aromatic heterocycles. The fourth-order valence-electron chi connectivity index (χ4n) is 1.46. The van der Waals surface area contributed by atoms with Gasteiger partial charge in [0.25, 0.3) is 0 Å². The molecule has 0 aliphatic rings. The lowest BCUT2D eigenvalue weighted by Gasteiger charge is -2.05. The molecule has 0 atom stereocenters. The Bertz CT molecular complexity index is 512. The van der Waals surface area contributed by atoms with Gasteiger partial charge in [0.15, 0.2) is 11.6 Å². The van der Waals surface area contributed by atoms with Crippen molar-refractivity contribution in [2.24, 2.45) is 0 Å². The molecule has 4 heteroatoms. The van der Waals surface area contributed by atoms with Crippen molar-refractivity contribution in [3.63, 3.8) is 0 Å². The zero-order valence-corrected chi connectivity index (χ0v) is 8.45. The zero-order valence-electron chi connectivity index (χ0n) is 8.45. The standard InChI is InChI=1S/C12H10F2N2/c13-10-2-1-8(6-11(10)14)5-9-7-16-4-3-12(9)15/h1-4,6-7H,5H2,(H2,15,16). The van der Waals surface area contributed by atoms with E-state index < -0.39 is 11.6 Å². The van der Waals surface area contributed by atoms with Gasteiger partial charge in [-0.1, -0.05) is 6.07 Å². The Balaban J connectivity index is 2.28. The van der Waals surface area contributed by atoms with Crippen LogP contribution in [0.15, 0.2) is 36.7 Å². The van der Waals surface area contributed by atoms with Crippen molar-refractivity contribution in [2.45, 2.75) is 6.42 Å². The van der Waals surface area contributed by atoms with E-state index in [1.165, 1.54) is 12.1 Å². The van der Waals surface area contributed by atoms with E-state index in [0.717, 1.165) is 11.6 Å². The molecule has 0 saturated carbocycles. The molecule has 0 bridgehead atoms. The highest BCUT2D eigenvalue weighted by Crippen LogP contribution is 2.16. The summed E-state index contributed by atoms with van der Waals surface area (Å²) in [5, 5.41) is 0. The molecule has 0 aliphatic heterocycles. The lowest BCUT2D eigenvalue weighted by Crippen LogP contribution is -1.97. The van der Waals surface area contributed by atoms with Crippen LogP contribution in [0.5, 0.6) is 0 Å². The van der Waals surface area contributed by atoms with Crippen LogP contribution >= 0.6 is 0 Å². The third-order valence-corrected chi connectivity index (χ3v) is 2.32. The fourth-order valence-corrected chi connectivity index (χ4v) is 1.46. The minimum atomic E-state index is -0.847. The fraction of sp³-hybridized carbons (Fsp3) is 0.0833. The number of halogens is 2. The first-order valence-electron chi connectivity index (χ1n) is 4.79. The second kappa shape index (κ2) is 4.26. The highest BCUT2D eigenvalue weighted by Gasteiger charge is 2.05. The largest absolute Gasteiger partial charge is 0.398 e. The Hall–Kier alpha value is -1.97. The van der Waals surface area contributed by atoms with E-state index in [-0.39, 0.29) is 0 Å². The number of pyridine rings is 1. The maximum absolute atomic E-state index is 13.0. The van der Waals surface area contributed by atoms with Gasteiger partial charge >= 0.3 is 0 Å². The van der Waals surface area contributed by atoms with Crippen molar-refractivity contribution in [3.05, 3.63) is 59.4 Å². The Morgan fingerprint density at radius 3 is 2.62 bits per heavy atom. The van der Waals surface area contributed by atoms with Gasteiger partial charge in [0.1, 0.15) is 0 Å². The summed E-state index contributed by atoms with van der Waals surface area (Å²) in [6.07, 6.45) is 3.65. The SMILES string of the molecule is Nc1ccncc1Cc1ccc(F)c(F)c1. The van der Waals surface area contributed by atoms with E-state index in [9.17, 15) is 8.78 Å². The molecule has 2 rings (SSSR count). The van der Waals surface area contributed by atoms with E-state index in [4.69, 9.17) is 5.73 Å². The molecule has 1 aromatic carbocycles. The number of aromatic nitrogens is 1. The maximum atomic E-state index is 13.0. The van der Waals surface area contributed by atoms with E-state index in [1.807, 2.05) is 0 Å². The normalized spacial score (nSPS) is 10.4. The summed E-state index contributed by atoms with van der Waals surface area (Å²) >= 11 is 0. The molecule has 0 spiro atoms. The molecule has 82 valence electrons. The Kier molecular flexibility index (Phi) is 2.81. The summed E-state index contributed by atoms with van der Waals surface area (Å²) in [7, 11) is 0. The smallest absolute Gasteiger partial charge is 0.159 e. The van der Waals surface area contributed by atoms with E-state index >= 15 is 0 Å². The first kappa shape index (κ1) is 10.5. The van der Waals surface area contributed by atoms with Crippen LogP contribution in [0.25, 0.3) is 0 Å². The van der Waals surface area contributed by atoms with Gasteiger partial charge in [-0.2, -0.15) is 0 Å². The van der Waals surface area contributed by atoms with Crippen LogP contribution in [0, 0.1) is 11.6 Å². The molecular formula is C12H10F2N2. The second-order valence-electron chi connectivity index (χ2n) is 3.50. The predicted octanol–water partition coefficient (Wildman–Crippen LogP) is 2.53. The first-order valence-corrected chi connectivity index (χ1v) is 4.79. The van der Waals surface area contributed by atoms with Crippen molar-refractivity contribution < 1.29 is 8.78 Å². The lowest BCUT2D eigenvalue weighted by atomic mass is 10.1. The number of nitrogen functional groups attached to an aromatic ring is 1. The van der Waals surface area contributed by atoms with Gasteiger partial charge in [0.05, 0.1) is 0 Å². The first-order chi connectivity index (χ1) is 7.66. The summed E-state index contributed by atoms with van der Waals surface area (Å²) < 4.78 is 25.7. The second-order valence-corrected chi connectivity index (χ2v) is 3.50. The molecule has 2 N–H and O–H groups in total. The van der Waals surface area contributed by atoms with E-state index in [2.05, 4.69) is 4.98 Å². The number of nitrogens with two attached hydrogens (primary N) is 1. The Labute approximate surface area is 91.7 Å². The molecule has 0 fully saturated rings. The molecule has 0 saturated heterocycles. The molecular weight excluding hydrogens is 210 g/mol. The average Bonchev–Trinajstić information content (AvgIpc) is 2.27. The van der Waals surface area contributed by atoms with Crippen molar-refractivity contribution in [1.29, 1.82) is 0 Å².